The maximum absolute atomic E-state index is 13.5. The van der Waals surface area contributed by atoms with Gasteiger partial charge in [0.15, 0.2) is 0 Å². The number of hydrogen-bond acceptors (Lipinski definition) is 1. The van der Waals surface area contributed by atoms with Crippen LogP contribution in [0.4, 0.5) is 18.9 Å². The molecule has 1 nitrogen and oxygen atoms in total. The summed E-state index contributed by atoms with van der Waals surface area (Å²) < 4.78 is 40.6. The molecule has 5 heteroatoms. The van der Waals surface area contributed by atoms with Crippen molar-refractivity contribution in [2.45, 2.75) is 6.18 Å². The predicted octanol–water partition coefficient (Wildman–Crippen LogP) is 4.71. The van der Waals surface area contributed by atoms with Gasteiger partial charge in [0.25, 0.3) is 0 Å². The molecule has 0 fully saturated rings. The van der Waals surface area contributed by atoms with Gasteiger partial charge in [0.05, 0.1) is 0 Å². The molecular weight excluding hydrogens is 463 g/mol. The quantitative estimate of drug-likeness (QED) is 0.295. The zero-order valence-corrected chi connectivity index (χ0v) is 16.4. The van der Waals surface area contributed by atoms with E-state index >= 15 is 0 Å². The van der Waals surface area contributed by atoms with Gasteiger partial charge >= 0.3 is 166 Å². The number of hydrogen-bond donors (Lipinski definition) is 0. The van der Waals surface area contributed by atoms with Crippen LogP contribution in [0, 0.1) is 11.8 Å². The Kier molecular flexibility index (Phi) is 6.35. The summed E-state index contributed by atoms with van der Waals surface area (Å²) in [5, 5.41) is 0. The van der Waals surface area contributed by atoms with E-state index in [4.69, 9.17) is 0 Å². The van der Waals surface area contributed by atoms with Gasteiger partial charge in [-0.1, -0.05) is 0 Å². The third kappa shape index (κ3) is 5.73. The second-order valence-electron chi connectivity index (χ2n) is 5.46. The molecule has 0 aliphatic rings. The fourth-order valence-corrected chi connectivity index (χ4v) is 4.41. The molecule has 0 radical (unpaired) electrons. The topological polar surface area (TPSA) is 12.4 Å². The van der Waals surface area contributed by atoms with Gasteiger partial charge in [-0.15, -0.1) is 0 Å². The zero-order valence-electron chi connectivity index (χ0n) is 14.1. The first kappa shape index (κ1) is 19.2. The van der Waals surface area contributed by atoms with Crippen molar-refractivity contribution in [3.63, 3.8) is 0 Å². The second-order valence-corrected chi connectivity index (χ2v) is 8.49. The molecule has 134 valence electrons. The van der Waals surface area contributed by atoms with Gasteiger partial charge in [-0.3, -0.25) is 0 Å². The second kappa shape index (κ2) is 8.91. The van der Waals surface area contributed by atoms with Crippen molar-refractivity contribution in [3.8, 4) is 11.8 Å². The van der Waals surface area contributed by atoms with Gasteiger partial charge in [0.1, 0.15) is 0 Å². The van der Waals surface area contributed by atoms with Crippen molar-refractivity contribution in [3.05, 3.63) is 96.1 Å². The normalized spacial score (nSPS) is 11.6. The molecule has 0 aliphatic heterocycles. The molecule has 0 amide bonds. The monoisotopic (exact) mass is 479 g/mol. The third-order valence-corrected chi connectivity index (χ3v) is 6.36. The van der Waals surface area contributed by atoms with Crippen molar-refractivity contribution < 1.29 is 13.2 Å². The van der Waals surface area contributed by atoms with Crippen molar-refractivity contribution >= 4 is 34.0 Å². The van der Waals surface area contributed by atoms with E-state index in [1.807, 2.05) is 30.3 Å². The molecule has 0 aliphatic carbocycles. The molecule has 3 aromatic rings. The van der Waals surface area contributed by atoms with E-state index in [1.165, 1.54) is 0 Å². The average molecular weight is 477 g/mol. The van der Waals surface area contributed by atoms with E-state index in [0.717, 1.165) is 5.56 Å². The van der Waals surface area contributed by atoms with Gasteiger partial charge in [-0.05, 0) is 0 Å². The SMILES string of the molecule is FC(F)(F)C(=Nc1ccccc1C#Cc1ccccc1)[Te]c1ccccc1. The van der Waals surface area contributed by atoms with Crippen LogP contribution in [0.2, 0.25) is 0 Å². The Morgan fingerprint density at radius 3 is 2.00 bits per heavy atom. The number of para-hydroxylation sites is 1. The minimum absolute atomic E-state index is 0.245. The third-order valence-electron chi connectivity index (χ3n) is 3.44. The van der Waals surface area contributed by atoms with E-state index in [2.05, 4.69) is 16.8 Å². The summed E-state index contributed by atoms with van der Waals surface area (Å²) >= 11 is -1.66. The Bertz CT molecular complexity index is 985. The van der Waals surface area contributed by atoms with Crippen LogP contribution in [0.15, 0.2) is 89.9 Å². The number of alkyl halides is 3. The van der Waals surface area contributed by atoms with Gasteiger partial charge < -0.3 is 0 Å². The predicted molar refractivity (Wildman–Crippen MR) is 104 cm³/mol. The molecule has 0 bridgehead atoms. The molecule has 0 heterocycles. The van der Waals surface area contributed by atoms with Crippen molar-refractivity contribution in [2.75, 3.05) is 0 Å². The van der Waals surface area contributed by atoms with Crippen LogP contribution in [0.5, 0.6) is 0 Å². The van der Waals surface area contributed by atoms with E-state index < -0.39 is 30.9 Å². The first-order valence-electron chi connectivity index (χ1n) is 8.07. The van der Waals surface area contributed by atoms with Crippen LogP contribution in [0.1, 0.15) is 11.1 Å². The van der Waals surface area contributed by atoms with Crippen molar-refractivity contribution in [1.82, 2.24) is 0 Å². The Morgan fingerprint density at radius 2 is 1.33 bits per heavy atom. The fraction of sp³-hybridized carbons (Fsp3) is 0.0455. The Balaban J connectivity index is 1.97. The van der Waals surface area contributed by atoms with Crippen LogP contribution in [-0.4, -0.2) is 30.9 Å². The summed E-state index contributed by atoms with van der Waals surface area (Å²) in [4.78, 5) is 3.98. The summed E-state index contributed by atoms with van der Waals surface area (Å²) in [7, 11) is 0. The molecular formula is C22H14F3NTe. The van der Waals surface area contributed by atoms with Gasteiger partial charge in [0, 0.05) is 0 Å². The maximum atomic E-state index is 13.5. The molecule has 0 spiro atoms. The van der Waals surface area contributed by atoms with Gasteiger partial charge in [0.2, 0.25) is 0 Å². The van der Waals surface area contributed by atoms with Crippen molar-refractivity contribution in [1.29, 1.82) is 0 Å². The summed E-state index contributed by atoms with van der Waals surface area (Å²) in [6, 6.07) is 24.7. The molecule has 3 rings (SSSR count). The molecule has 27 heavy (non-hydrogen) atoms. The van der Waals surface area contributed by atoms with E-state index in [9.17, 15) is 13.2 Å². The summed E-state index contributed by atoms with van der Waals surface area (Å²) in [5.41, 5.74) is 1.52. The summed E-state index contributed by atoms with van der Waals surface area (Å²) in [5.74, 6) is 5.91. The number of rotatable bonds is 3. The molecule has 0 aromatic heterocycles. The van der Waals surface area contributed by atoms with E-state index in [1.54, 1.807) is 54.6 Å². The minimum atomic E-state index is -4.46. The van der Waals surface area contributed by atoms with Crippen LogP contribution >= 0.6 is 0 Å². The zero-order chi connectivity index (χ0) is 19.1. The number of benzene rings is 3. The van der Waals surface area contributed by atoms with Crippen LogP contribution < -0.4 is 3.61 Å². The number of halogens is 3. The van der Waals surface area contributed by atoms with E-state index in [-0.39, 0.29) is 5.69 Å². The molecule has 0 atom stereocenters. The first-order valence-corrected chi connectivity index (χ1v) is 10.4. The standard InChI is InChI=1S/C22H14F3NTe/c23-22(24,25)21(27-19-12-5-2-6-13-19)26-20-14-8-7-11-18(20)16-15-17-9-3-1-4-10-17/h1-14H. The van der Waals surface area contributed by atoms with Crippen LogP contribution in [0.3, 0.4) is 0 Å². The Hall–Kier alpha value is -2.53. The first-order chi connectivity index (χ1) is 13.0. The summed E-state index contributed by atoms with van der Waals surface area (Å²) in [6.07, 6.45) is -4.46. The fourth-order valence-electron chi connectivity index (χ4n) is 2.19. The Labute approximate surface area is 166 Å². The molecule has 0 saturated heterocycles. The van der Waals surface area contributed by atoms with Gasteiger partial charge in [-0.25, -0.2) is 0 Å². The molecule has 0 saturated carbocycles. The number of nitrogens with zero attached hydrogens (tertiary/aromatic N) is 1. The van der Waals surface area contributed by atoms with Gasteiger partial charge in [-0.2, -0.15) is 0 Å². The Morgan fingerprint density at radius 1 is 0.741 bits per heavy atom. The number of aliphatic imine (C=N–C) groups is 1. The molecule has 0 unspecified atom stereocenters. The average Bonchev–Trinajstić information content (AvgIpc) is 2.68. The van der Waals surface area contributed by atoms with E-state index in [0.29, 0.717) is 9.17 Å². The molecule has 0 N–H and O–H groups in total. The van der Waals surface area contributed by atoms with Crippen LogP contribution in [-0.2, 0) is 0 Å². The van der Waals surface area contributed by atoms with Crippen LogP contribution in [0.25, 0.3) is 0 Å². The summed E-state index contributed by atoms with van der Waals surface area (Å²) in [6.45, 7) is 0. The molecule has 3 aromatic carbocycles. The van der Waals surface area contributed by atoms with Crippen molar-refractivity contribution in [2.24, 2.45) is 4.99 Å².